The van der Waals surface area contributed by atoms with Crippen molar-refractivity contribution < 1.29 is 19.8 Å². The number of amides is 2. The number of carbonyl (C=O) groups excluding carboxylic acids is 2. The standard InChI is InChI=1S/C17H23N3O5S.C8H10/c1-9-10-5-3-4-6-12(10)26-13(9)7-11(15(22)17(24)20-25)16(23)19-8-14(21)18-2;1-2-8-6-4-3-5-7-8/h3,5,11,15,17,22,24H,4,6-8H2,1-2H3,(H,18,21)(H,19,23);3-7H,2H2,1H3/t11-,15+,17?;/m1./s1. The maximum Gasteiger partial charge on any atom is 0.239 e. The van der Waals surface area contributed by atoms with Crippen molar-refractivity contribution >= 4 is 29.2 Å². The van der Waals surface area contributed by atoms with Gasteiger partial charge in [-0.05, 0) is 54.5 Å². The number of nitroso groups, excluding NO2 is 1. The number of aliphatic hydroxyl groups excluding tert-OH is 2. The molecule has 2 amide bonds. The van der Waals surface area contributed by atoms with Crippen molar-refractivity contribution in [3.63, 3.8) is 0 Å². The summed E-state index contributed by atoms with van der Waals surface area (Å²) in [5, 5.41) is 27.0. The van der Waals surface area contributed by atoms with Crippen molar-refractivity contribution in [2.45, 2.75) is 51.9 Å². The maximum atomic E-state index is 12.5. The van der Waals surface area contributed by atoms with Gasteiger partial charge in [0.1, 0.15) is 6.10 Å². The molecule has 4 N–H and O–H groups in total. The molecule has 9 heteroatoms. The van der Waals surface area contributed by atoms with E-state index in [1.165, 1.54) is 17.5 Å². The first-order valence-corrected chi connectivity index (χ1v) is 12.1. The van der Waals surface area contributed by atoms with Gasteiger partial charge in [-0.3, -0.25) is 9.59 Å². The number of allylic oxidation sites excluding steroid dienone is 1. The van der Waals surface area contributed by atoms with Gasteiger partial charge in [-0.1, -0.05) is 49.4 Å². The predicted molar refractivity (Wildman–Crippen MR) is 134 cm³/mol. The van der Waals surface area contributed by atoms with Crippen LogP contribution >= 0.6 is 11.3 Å². The quantitative estimate of drug-likeness (QED) is 0.404. The Hall–Kier alpha value is -2.88. The number of aryl methyl sites for hydroxylation is 2. The fourth-order valence-electron chi connectivity index (χ4n) is 3.59. The summed E-state index contributed by atoms with van der Waals surface area (Å²) in [6, 6.07) is 10.5. The molecule has 1 aliphatic carbocycles. The molecule has 3 atom stereocenters. The SMILES string of the molecule is CCc1ccccc1.CNC(=O)CNC(=O)[C@H](Cc1sc2c(c1C)C=CCC2)[C@H](O)C(O)N=O. The van der Waals surface area contributed by atoms with Gasteiger partial charge in [-0.15, -0.1) is 16.2 Å². The summed E-state index contributed by atoms with van der Waals surface area (Å²) in [5.41, 5.74) is 3.56. The Morgan fingerprint density at radius 1 is 1.21 bits per heavy atom. The van der Waals surface area contributed by atoms with E-state index in [-0.39, 0.29) is 13.0 Å². The van der Waals surface area contributed by atoms with Crippen LogP contribution < -0.4 is 10.6 Å². The zero-order valence-electron chi connectivity index (χ0n) is 19.8. The fourth-order valence-corrected chi connectivity index (χ4v) is 4.97. The molecule has 0 bridgehead atoms. The molecule has 2 aromatic rings. The number of benzene rings is 1. The van der Waals surface area contributed by atoms with Gasteiger partial charge in [-0.2, -0.15) is 0 Å². The van der Waals surface area contributed by atoms with Gasteiger partial charge in [0.25, 0.3) is 0 Å². The molecular formula is C25H33N3O5S. The second-order valence-corrected chi connectivity index (χ2v) is 9.17. The van der Waals surface area contributed by atoms with Crippen LogP contribution in [-0.2, 0) is 28.9 Å². The molecule has 1 aromatic heterocycles. The second kappa shape index (κ2) is 13.7. The molecule has 1 unspecified atom stereocenters. The largest absolute Gasteiger partial charge is 0.387 e. The molecule has 1 aliphatic rings. The van der Waals surface area contributed by atoms with Crippen LogP contribution in [-0.4, -0.2) is 48.0 Å². The average molecular weight is 488 g/mol. The first-order valence-electron chi connectivity index (χ1n) is 11.3. The number of rotatable bonds is 9. The number of fused-ring (bicyclic) bond motifs is 1. The summed E-state index contributed by atoms with van der Waals surface area (Å²) in [4.78, 5) is 36.5. The van der Waals surface area contributed by atoms with Crippen molar-refractivity contribution in [3.05, 3.63) is 67.8 Å². The first-order chi connectivity index (χ1) is 16.3. The Balaban J connectivity index is 0.000000430. The number of hydrogen-bond acceptors (Lipinski definition) is 7. The minimum Gasteiger partial charge on any atom is -0.387 e. The van der Waals surface area contributed by atoms with E-state index in [1.807, 2.05) is 19.1 Å². The normalized spacial score (nSPS) is 14.6. The lowest BCUT2D eigenvalue weighted by atomic mass is 9.93. The van der Waals surface area contributed by atoms with Crippen LogP contribution in [0.25, 0.3) is 6.08 Å². The summed E-state index contributed by atoms with van der Waals surface area (Å²) in [7, 11) is 1.44. The average Bonchev–Trinajstić information content (AvgIpc) is 3.20. The molecule has 0 saturated carbocycles. The zero-order chi connectivity index (χ0) is 25.1. The Kier molecular flexibility index (Phi) is 11.1. The Bertz CT molecular complexity index is 990. The lowest BCUT2D eigenvalue weighted by Crippen LogP contribution is -2.46. The summed E-state index contributed by atoms with van der Waals surface area (Å²) in [5.74, 6) is -2.12. The number of thiophene rings is 1. The molecule has 3 rings (SSSR count). The third-order valence-electron chi connectivity index (χ3n) is 5.71. The number of hydrogen-bond donors (Lipinski definition) is 4. The first kappa shape index (κ1) is 27.4. The molecule has 0 fully saturated rings. The van der Waals surface area contributed by atoms with Gasteiger partial charge in [0.15, 0.2) is 0 Å². The van der Waals surface area contributed by atoms with Crippen LogP contribution in [0.15, 0.2) is 41.6 Å². The Labute approximate surface area is 204 Å². The van der Waals surface area contributed by atoms with Crippen LogP contribution in [0.4, 0.5) is 0 Å². The molecule has 0 spiro atoms. The highest BCUT2D eigenvalue weighted by molar-refractivity contribution is 7.12. The Morgan fingerprint density at radius 3 is 2.47 bits per heavy atom. The van der Waals surface area contributed by atoms with Crippen molar-refractivity contribution in [1.82, 2.24) is 10.6 Å². The van der Waals surface area contributed by atoms with E-state index in [9.17, 15) is 24.7 Å². The van der Waals surface area contributed by atoms with E-state index in [2.05, 4.69) is 53.1 Å². The highest BCUT2D eigenvalue weighted by Gasteiger charge is 2.34. The number of likely N-dealkylation sites (N-methyl/N-ethyl adjacent to an activating group) is 1. The fraction of sp³-hybridized carbons (Fsp3) is 0.440. The minimum absolute atomic E-state index is 0.144. The zero-order valence-corrected chi connectivity index (χ0v) is 20.6. The van der Waals surface area contributed by atoms with Gasteiger partial charge in [0.05, 0.1) is 12.5 Å². The molecule has 0 saturated heterocycles. The van der Waals surface area contributed by atoms with Crippen LogP contribution in [0, 0.1) is 17.7 Å². The van der Waals surface area contributed by atoms with Crippen LogP contribution in [0.1, 0.15) is 39.8 Å². The predicted octanol–water partition coefficient (Wildman–Crippen LogP) is 2.73. The van der Waals surface area contributed by atoms with Gasteiger partial charge >= 0.3 is 0 Å². The topological polar surface area (TPSA) is 128 Å². The summed E-state index contributed by atoms with van der Waals surface area (Å²) < 4.78 is 0. The summed E-state index contributed by atoms with van der Waals surface area (Å²) >= 11 is 1.56. The van der Waals surface area contributed by atoms with Gasteiger partial charge in [-0.25, -0.2) is 0 Å². The molecule has 8 nitrogen and oxygen atoms in total. The Morgan fingerprint density at radius 2 is 1.91 bits per heavy atom. The van der Waals surface area contributed by atoms with E-state index in [0.717, 1.165) is 35.3 Å². The molecule has 0 aliphatic heterocycles. The summed E-state index contributed by atoms with van der Waals surface area (Å²) in [6.45, 7) is 3.85. The monoisotopic (exact) mass is 487 g/mol. The number of aliphatic hydroxyl groups is 2. The smallest absolute Gasteiger partial charge is 0.239 e. The van der Waals surface area contributed by atoms with Crippen molar-refractivity contribution in [3.8, 4) is 0 Å². The van der Waals surface area contributed by atoms with E-state index in [4.69, 9.17) is 0 Å². The maximum absolute atomic E-state index is 12.5. The second-order valence-electron chi connectivity index (χ2n) is 7.98. The van der Waals surface area contributed by atoms with Crippen molar-refractivity contribution in [1.29, 1.82) is 0 Å². The lowest BCUT2D eigenvalue weighted by molar-refractivity contribution is -0.133. The number of nitrogens with one attached hydrogen (secondary N) is 2. The number of carbonyl (C=O) groups is 2. The highest BCUT2D eigenvalue weighted by Crippen LogP contribution is 2.35. The van der Waals surface area contributed by atoms with E-state index >= 15 is 0 Å². The van der Waals surface area contributed by atoms with Crippen LogP contribution in [0.5, 0.6) is 0 Å². The number of nitrogens with zero attached hydrogens (tertiary/aromatic N) is 1. The highest BCUT2D eigenvalue weighted by atomic mass is 32.1. The van der Waals surface area contributed by atoms with Crippen molar-refractivity contribution in [2.24, 2.45) is 11.1 Å². The van der Waals surface area contributed by atoms with Crippen molar-refractivity contribution in [2.75, 3.05) is 13.6 Å². The van der Waals surface area contributed by atoms with Gasteiger partial charge < -0.3 is 20.8 Å². The van der Waals surface area contributed by atoms with Crippen LogP contribution in [0.3, 0.4) is 0 Å². The molecule has 0 radical (unpaired) electrons. The van der Waals surface area contributed by atoms with Crippen LogP contribution in [0.2, 0.25) is 0 Å². The lowest BCUT2D eigenvalue weighted by Gasteiger charge is -2.22. The summed E-state index contributed by atoms with van der Waals surface area (Å²) in [6.07, 6.45) is 3.73. The third-order valence-corrected chi connectivity index (χ3v) is 7.10. The minimum atomic E-state index is -1.92. The van der Waals surface area contributed by atoms with E-state index in [1.54, 1.807) is 11.3 Å². The molecule has 184 valence electrons. The third kappa shape index (κ3) is 7.58. The van der Waals surface area contributed by atoms with Gasteiger partial charge in [0, 0.05) is 16.8 Å². The molecule has 34 heavy (non-hydrogen) atoms. The van der Waals surface area contributed by atoms with E-state index < -0.39 is 30.1 Å². The molecular weight excluding hydrogens is 454 g/mol. The van der Waals surface area contributed by atoms with Gasteiger partial charge in [0.2, 0.25) is 18.0 Å². The van der Waals surface area contributed by atoms with E-state index in [0.29, 0.717) is 0 Å². The molecule has 1 aromatic carbocycles. The molecule has 1 heterocycles.